The van der Waals surface area contributed by atoms with E-state index in [0.717, 1.165) is 43.1 Å². The highest BCUT2D eigenvalue weighted by molar-refractivity contribution is 5.63. The number of benzene rings is 2. The molecule has 158 valence electrons. The van der Waals surface area contributed by atoms with Gasteiger partial charge in [-0.15, -0.1) is 0 Å². The van der Waals surface area contributed by atoms with Gasteiger partial charge in [-0.25, -0.2) is 0 Å². The minimum atomic E-state index is -0.497. The summed E-state index contributed by atoms with van der Waals surface area (Å²) in [7, 11) is 0. The summed E-state index contributed by atoms with van der Waals surface area (Å²) in [6.07, 6.45) is 14.6. The van der Waals surface area contributed by atoms with Crippen LogP contribution in [0.15, 0.2) is 36.4 Å². The zero-order valence-corrected chi connectivity index (χ0v) is 18.3. The van der Waals surface area contributed by atoms with Crippen molar-refractivity contribution in [1.82, 2.24) is 0 Å². The quantitative estimate of drug-likeness (QED) is 0.508. The fourth-order valence-corrected chi connectivity index (χ4v) is 6.99. The first-order valence-corrected chi connectivity index (χ1v) is 12.4. The predicted octanol–water partition coefficient (Wildman–Crippen LogP) is 7.10. The number of unbranched alkanes of at least 4 members (excludes halogenated alkanes) is 2. The summed E-state index contributed by atoms with van der Waals surface area (Å²) < 4.78 is 13.8. The van der Waals surface area contributed by atoms with Crippen LogP contribution >= 0.6 is 0 Å². The maximum Gasteiger partial charge on any atom is 0.251 e. The first-order chi connectivity index (χ1) is 14.7. The van der Waals surface area contributed by atoms with E-state index >= 15 is 0 Å². The summed E-state index contributed by atoms with van der Waals surface area (Å²) >= 11 is 0. The van der Waals surface area contributed by atoms with Crippen LogP contribution < -0.4 is 9.47 Å². The first kappa shape index (κ1) is 18.8. The molecule has 2 aromatic carbocycles. The molecule has 1 heterocycles. The molecule has 6 rings (SSSR count). The Labute approximate surface area is 181 Å². The summed E-state index contributed by atoms with van der Waals surface area (Å²) in [5, 5.41) is 0. The Kier molecular flexibility index (Phi) is 4.41. The van der Waals surface area contributed by atoms with Crippen molar-refractivity contribution >= 4 is 0 Å². The van der Waals surface area contributed by atoms with E-state index in [1.807, 2.05) is 0 Å². The van der Waals surface area contributed by atoms with E-state index in [0.29, 0.717) is 0 Å². The van der Waals surface area contributed by atoms with Gasteiger partial charge in [-0.2, -0.15) is 0 Å². The third-order valence-corrected chi connectivity index (χ3v) is 8.50. The highest BCUT2D eigenvalue weighted by atomic mass is 16.7. The molecule has 1 fully saturated rings. The van der Waals surface area contributed by atoms with Gasteiger partial charge in [-0.1, -0.05) is 56.9 Å². The molecule has 0 radical (unpaired) electrons. The molecule has 2 aromatic rings. The molecule has 0 bridgehead atoms. The molecule has 1 saturated carbocycles. The van der Waals surface area contributed by atoms with Gasteiger partial charge in [0.25, 0.3) is 5.79 Å². The van der Waals surface area contributed by atoms with Crippen molar-refractivity contribution in [1.29, 1.82) is 0 Å². The summed E-state index contributed by atoms with van der Waals surface area (Å²) in [5.41, 5.74) is 6.09. The molecular weight excluding hydrogens is 368 g/mol. The van der Waals surface area contributed by atoms with Gasteiger partial charge in [-0.3, -0.25) is 0 Å². The van der Waals surface area contributed by atoms with Gasteiger partial charge in [0.2, 0.25) is 0 Å². The van der Waals surface area contributed by atoms with Crippen LogP contribution in [-0.4, -0.2) is 5.79 Å². The summed E-state index contributed by atoms with van der Waals surface area (Å²) in [6.45, 7) is 2.29. The Hall–Kier alpha value is -1.96. The SMILES string of the molecule is CCCCCC1CCC2(CC1)Oc1cccc3c1C1(CC3)CCc3cccc(c31)O2. The Morgan fingerprint density at radius 3 is 1.97 bits per heavy atom. The second-order valence-corrected chi connectivity index (χ2v) is 10.2. The molecule has 2 nitrogen and oxygen atoms in total. The second-order valence-electron chi connectivity index (χ2n) is 10.2. The zero-order valence-electron chi connectivity index (χ0n) is 18.3. The third-order valence-electron chi connectivity index (χ3n) is 8.50. The molecule has 0 saturated heterocycles. The monoisotopic (exact) mass is 402 g/mol. The van der Waals surface area contributed by atoms with Gasteiger partial charge < -0.3 is 9.47 Å². The van der Waals surface area contributed by atoms with Crippen molar-refractivity contribution < 1.29 is 9.47 Å². The lowest BCUT2D eigenvalue weighted by Gasteiger charge is -2.44. The van der Waals surface area contributed by atoms with E-state index in [1.54, 1.807) is 0 Å². The van der Waals surface area contributed by atoms with Gasteiger partial charge in [0, 0.05) is 29.4 Å². The lowest BCUT2D eigenvalue weighted by Crippen LogP contribution is -2.47. The summed E-state index contributed by atoms with van der Waals surface area (Å²) in [6, 6.07) is 13.5. The van der Waals surface area contributed by atoms with Crippen LogP contribution in [0.2, 0.25) is 0 Å². The molecule has 0 unspecified atom stereocenters. The molecule has 1 aliphatic heterocycles. The lowest BCUT2D eigenvalue weighted by atomic mass is 9.75. The van der Waals surface area contributed by atoms with E-state index < -0.39 is 5.79 Å². The summed E-state index contributed by atoms with van der Waals surface area (Å²) in [5.74, 6) is 2.55. The van der Waals surface area contributed by atoms with Crippen molar-refractivity contribution in [3.63, 3.8) is 0 Å². The number of hydrogen-bond acceptors (Lipinski definition) is 2. The maximum atomic E-state index is 6.92. The van der Waals surface area contributed by atoms with Crippen molar-refractivity contribution in [2.45, 2.75) is 95.2 Å². The van der Waals surface area contributed by atoms with E-state index in [4.69, 9.17) is 9.47 Å². The van der Waals surface area contributed by atoms with Crippen molar-refractivity contribution in [2.24, 2.45) is 5.92 Å². The van der Waals surface area contributed by atoms with Crippen LogP contribution in [0, 0.1) is 5.92 Å². The standard InChI is InChI=1S/C28H34O2/c1-2-3-4-7-20-12-18-28(19-13-20)29-23-10-5-8-21-14-16-27(25(21)23)17-15-22-9-6-11-24(30-28)26(22)27/h5-6,8-11,20H,2-4,7,12-19H2,1H3. The van der Waals surface area contributed by atoms with Crippen LogP contribution in [-0.2, 0) is 18.3 Å². The van der Waals surface area contributed by atoms with Gasteiger partial charge >= 0.3 is 0 Å². The maximum absolute atomic E-state index is 6.92. The van der Waals surface area contributed by atoms with Crippen molar-refractivity contribution in [3.05, 3.63) is 58.7 Å². The highest BCUT2D eigenvalue weighted by Crippen LogP contribution is 2.59. The van der Waals surface area contributed by atoms with Crippen molar-refractivity contribution in [2.75, 3.05) is 0 Å². The highest BCUT2D eigenvalue weighted by Gasteiger charge is 2.52. The second kappa shape index (κ2) is 7.04. The zero-order chi connectivity index (χ0) is 20.2. The smallest absolute Gasteiger partial charge is 0.251 e. The van der Waals surface area contributed by atoms with Crippen LogP contribution in [0.4, 0.5) is 0 Å². The topological polar surface area (TPSA) is 18.5 Å². The Balaban J connectivity index is 1.39. The van der Waals surface area contributed by atoms with E-state index in [1.165, 1.54) is 73.6 Å². The molecule has 2 heteroatoms. The molecule has 4 aliphatic rings. The van der Waals surface area contributed by atoms with Gasteiger partial charge in [0.05, 0.1) is 0 Å². The van der Waals surface area contributed by atoms with Gasteiger partial charge in [0.15, 0.2) is 0 Å². The Morgan fingerprint density at radius 2 is 1.40 bits per heavy atom. The third kappa shape index (κ3) is 2.75. The Bertz CT molecular complexity index is 886. The van der Waals surface area contributed by atoms with Crippen molar-refractivity contribution in [3.8, 4) is 11.5 Å². The number of ether oxygens (including phenoxy) is 2. The van der Waals surface area contributed by atoms with E-state index in [9.17, 15) is 0 Å². The van der Waals surface area contributed by atoms with Crippen LogP contribution in [0.5, 0.6) is 11.5 Å². The average Bonchev–Trinajstić information content (AvgIpc) is 3.32. The molecule has 3 aliphatic carbocycles. The number of rotatable bonds is 4. The molecular formula is C28H34O2. The minimum Gasteiger partial charge on any atom is -0.452 e. The fourth-order valence-electron chi connectivity index (χ4n) is 6.99. The molecule has 0 atom stereocenters. The molecule has 0 amide bonds. The predicted molar refractivity (Wildman–Crippen MR) is 120 cm³/mol. The fraction of sp³-hybridized carbons (Fsp3) is 0.571. The molecule has 30 heavy (non-hydrogen) atoms. The number of aryl methyl sites for hydroxylation is 2. The van der Waals surface area contributed by atoms with Gasteiger partial charge in [-0.05, 0) is 67.7 Å². The van der Waals surface area contributed by atoms with E-state index in [-0.39, 0.29) is 5.41 Å². The normalized spacial score (nSPS) is 22.6. The lowest BCUT2D eigenvalue weighted by molar-refractivity contribution is -0.147. The average molecular weight is 403 g/mol. The molecule has 0 N–H and O–H groups in total. The van der Waals surface area contributed by atoms with E-state index in [2.05, 4.69) is 43.3 Å². The summed E-state index contributed by atoms with van der Waals surface area (Å²) in [4.78, 5) is 0. The first-order valence-electron chi connectivity index (χ1n) is 12.4. The molecule has 2 spiro atoms. The van der Waals surface area contributed by atoms with Crippen LogP contribution in [0.25, 0.3) is 0 Å². The number of hydrogen-bond donors (Lipinski definition) is 0. The largest absolute Gasteiger partial charge is 0.452 e. The van der Waals surface area contributed by atoms with Crippen LogP contribution in [0.3, 0.4) is 0 Å². The molecule has 0 aromatic heterocycles. The Morgan fingerprint density at radius 1 is 0.800 bits per heavy atom. The minimum absolute atomic E-state index is 0.108. The van der Waals surface area contributed by atoms with Gasteiger partial charge in [0.1, 0.15) is 11.5 Å². The van der Waals surface area contributed by atoms with Crippen LogP contribution in [0.1, 0.15) is 93.4 Å².